The molecule has 0 aliphatic heterocycles. The maximum Gasteiger partial charge on any atom is 0.248 e. The van der Waals surface area contributed by atoms with E-state index in [1.54, 1.807) is 18.2 Å². The Balaban J connectivity index is 1.98. The van der Waals surface area contributed by atoms with Gasteiger partial charge in [-0.25, -0.2) is 0 Å². The van der Waals surface area contributed by atoms with Gasteiger partial charge in [-0.05, 0) is 42.9 Å². The molecule has 0 radical (unpaired) electrons. The van der Waals surface area contributed by atoms with Gasteiger partial charge in [-0.1, -0.05) is 37.6 Å². The van der Waals surface area contributed by atoms with E-state index in [0.717, 1.165) is 5.56 Å². The third kappa shape index (κ3) is 3.38. The predicted octanol–water partition coefficient (Wildman–Crippen LogP) is 2.64. The minimum Gasteiger partial charge on any atom is -0.366 e. The van der Waals surface area contributed by atoms with Crippen molar-refractivity contribution in [2.24, 2.45) is 23.0 Å². The standard InChI is InChI=1S/C18H24N2O2/c1-11(2)8-14-15(18(14,3)4)17(22)20-10-12-6-5-7-13(9-12)16(19)21/h5-9,14-15H,10H2,1-4H3,(H2,19,21)(H,20,22)/t14-,15+/m0/s1. The topological polar surface area (TPSA) is 72.2 Å². The molecule has 1 fully saturated rings. The van der Waals surface area contributed by atoms with Crippen LogP contribution in [0, 0.1) is 17.3 Å². The molecular formula is C18H24N2O2. The molecule has 1 aliphatic carbocycles. The second-order valence-corrected chi connectivity index (χ2v) is 6.85. The number of primary amides is 1. The Bertz CT molecular complexity index is 628. The van der Waals surface area contributed by atoms with Crippen molar-refractivity contribution in [3.05, 3.63) is 47.0 Å². The van der Waals surface area contributed by atoms with Crippen molar-refractivity contribution in [3.8, 4) is 0 Å². The van der Waals surface area contributed by atoms with Gasteiger partial charge in [0.25, 0.3) is 0 Å². The average molecular weight is 300 g/mol. The molecule has 3 N–H and O–H groups in total. The number of rotatable bonds is 5. The van der Waals surface area contributed by atoms with Crippen LogP contribution in [0.3, 0.4) is 0 Å². The Morgan fingerprint density at radius 1 is 1.32 bits per heavy atom. The number of hydrogen-bond donors (Lipinski definition) is 2. The molecule has 2 amide bonds. The van der Waals surface area contributed by atoms with E-state index < -0.39 is 5.91 Å². The molecule has 0 heterocycles. The number of nitrogens with two attached hydrogens (primary N) is 1. The van der Waals surface area contributed by atoms with Crippen molar-refractivity contribution in [3.63, 3.8) is 0 Å². The summed E-state index contributed by atoms with van der Waals surface area (Å²) >= 11 is 0. The van der Waals surface area contributed by atoms with Gasteiger partial charge in [0.1, 0.15) is 0 Å². The van der Waals surface area contributed by atoms with Crippen LogP contribution in [0.4, 0.5) is 0 Å². The van der Waals surface area contributed by atoms with Gasteiger partial charge in [-0.2, -0.15) is 0 Å². The zero-order valence-corrected chi connectivity index (χ0v) is 13.6. The lowest BCUT2D eigenvalue weighted by molar-refractivity contribution is -0.123. The van der Waals surface area contributed by atoms with E-state index >= 15 is 0 Å². The second-order valence-electron chi connectivity index (χ2n) is 6.85. The van der Waals surface area contributed by atoms with Gasteiger partial charge in [0.15, 0.2) is 0 Å². The van der Waals surface area contributed by atoms with E-state index in [9.17, 15) is 9.59 Å². The molecule has 0 unspecified atom stereocenters. The smallest absolute Gasteiger partial charge is 0.248 e. The molecule has 0 spiro atoms. The lowest BCUT2D eigenvalue weighted by atomic mass is 10.1. The van der Waals surface area contributed by atoms with Gasteiger partial charge >= 0.3 is 0 Å². The number of allylic oxidation sites excluding steroid dienone is 2. The van der Waals surface area contributed by atoms with Crippen LogP contribution in [0.15, 0.2) is 35.9 Å². The van der Waals surface area contributed by atoms with Crippen molar-refractivity contribution in [2.45, 2.75) is 34.2 Å². The predicted molar refractivity (Wildman–Crippen MR) is 87.0 cm³/mol. The molecule has 1 aromatic carbocycles. The minimum atomic E-state index is -0.458. The van der Waals surface area contributed by atoms with Crippen molar-refractivity contribution in [2.75, 3.05) is 0 Å². The van der Waals surface area contributed by atoms with Gasteiger partial charge in [-0.15, -0.1) is 0 Å². The van der Waals surface area contributed by atoms with E-state index in [4.69, 9.17) is 5.73 Å². The number of carbonyl (C=O) groups is 2. The maximum atomic E-state index is 12.4. The molecule has 2 atom stereocenters. The number of benzene rings is 1. The lowest BCUT2D eigenvalue weighted by Crippen LogP contribution is -2.26. The first kappa shape index (κ1) is 16.3. The highest BCUT2D eigenvalue weighted by Crippen LogP contribution is 2.59. The molecule has 0 aromatic heterocycles. The Morgan fingerprint density at radius 3 is 2.59 bits per heavy atom. The quantitative estimate of drug-likeness (QED) is 0.821. The number of carbonyl (C=O) groups excluding carboxylic acids is 2. The highest BCUT2D eigenvalue weighted by Gasteiger charge is 2.60. The fraction of sp³-hybridized carbons (Fsp3) is 0.444. The van der Waals surface area contributed by atoms with Gasteiger partial charge in [0, 0.05) is 12.1 Å². The van der Waals surface area contributed by atoms with Gasteiger partial charge in [0.2, 0.25) is 11.8 Å². The molecule has 0 bridgehead atoms. The molecule has 0 saturated heterocycles. The van der Waals surface area contributed by atoms with Crippen LogP contribution in [0.25, 0.3) is 0 Å². The van der Waals surface area contributed by atoms with Crippen LogP contribution in [0.1, 0.15) is 43.6 Å². The zero-order valence-electron chi connectivity index (χ0n) is 13.6. The fourth-order valence-corrected chi connectivity index (χ4v) is 2.98. The minimum absolute atomic E-state index is 0.0103. The lowest BCUT2D eigenvalue weighted by Gasteiger charge is -2.07. The van der Waals surface area contributed by atoms with E-state index in [1.165, 1.54) is 5.57 Å². The normalized spacial score (nSPS) is 21.8. The SMILES string of the molecule is CC(C)=C[C@H]1[C@H](C(=O)NCc2cccc(C(N)=O)c2)C1(C)C. The van der Waals surface area contributed by atoms with E-state index in [1.807, 2.05) is 6.07 Å². The number of amides is 2. The van der Waals surface area contributed by atoms with E-state index in [-0.39, 0.29) is 17.2 Å². The first-order valence-corrected chi connectivity index (χ1v) is 7.55. The summed E-state index contributed by atoms with van der Waals surface area (Å²) in [6.07, 6.45) is 2.18. The summed E-state index contributed by atoms with van der Waals surface area (Å²) in [5.74, 6) is -0.0757. The molecule has 2 rings (SSSR count). The van der Waals surface area contributed by atoms with Gasteiger partial charge in [0.05, 0.1) is 5.92 Å². The average Bonchev–Trinajstić information content (AvgIpc) is 2.96. The second kappa shape index (κ2) is 5.95. The van der Waals surface area contributed by atoms with E-state index in [0.29, 0.717) is 18.0 Å². The molecule has 4 heteroatoms. The third-order valence-electron chi connectivity index (χ3n) is 4.38. The van der Waals surface area contributed by atoms with Crippen LogP contribution in [0.2, 0.25) is 0 Å². The van der Waals surface area contributed by atoms with Crippen molar-refractivity contribution < 1.29 is 9.59 Å². The highest BCUT2D eigenvalue weighted by atomic mass is 16.2. The summed E-state index contributed by atoms with van der Waals surface area (Å²) in [5.41, 5.74) is 7.85. The first-order chi connectivity index (χ1) is 10.2. The molecular weight excluding hydrogens is 276 g/mol. The highest BCUT2D eigenvalue weighted by molar-refractivity contribution is 5.92. The Labute approximate surface area is 131 Å². The Hall–Kier alpha value is -2.10. The third-order valence-corrected chi connectivity index (χ3v) is 4.38. The summed E-state index contributed by atoms with van der Waals surface area (Å²) in [6, 6.07) is 7.03. The monoisotopic (exact) mass is 300 g/mol. The molecule has 1 aromatic rings. The molecule has 1 aliphatic rings. The Kier molecular flexibility index (Phi) is 4.40. The summed E-state index contributed by atoms with van der Waals surface area (Å²) < 4.78 is 0. The van der Waals surface area contributed by atoms with Crippen molar-refractivity contribution in [1.29, 1.82) is 0 Å². The maximum absolute atomic E-state index is 12.4. The van der Waals surface area contributed by atoms with Crippen LogP contribution < -0.4 is 11.1 Å². The molecule has 4 nitrogen and oxygen atoms in total. The van der Waals surface area contributed by atoms with Crippen LogP contribution in [-0.4, -0.2) is 11.8 Å². The van der Waals surface area contributed by atoms with Gasteiger partial charge in [-0.3, -0.25) is 9.59 Å². The number of nitrogens with one attached hydrogen (secondary N) is 1. The van der Waals surface area contributed by atoms with Gasteiger partial charge < -0.3 is 11.1 Å². The largest absolute Gasteiger partial charge is 0.366 e. The first-order valence-electron chi connectivity index (χ1n) is 7.55. The zero-order chi connectivity index (χ0) is 16.5. The summed E-state index contributed by atoms with van der Waals surface area (Å²) in [7, 11) is 0. The summed E-state index contributed by atoms with van der Waals surface area (Å²) in [4.78, 5) is 23.5. The number of hydrogen-bond acceptors (Lipinski definition) is 2. The molecule has 1 saturated carbocycles. The van der Waals surface area contributed by atoms with Crippen molar-refractivity contribution >= 4 is 11.8 Å². The molecule has 22 heavy (non-hydrogen) atoms. The fourth-order valence-electron chi connectivity index (χ4n) is 2.98. The Morgan fingerprint density at radius 2 is 2.00 bits per heavy atom. The van der Waals surface area contributed by atoms with Crippen molar-refractivity contribution in [1.82, 2.24) is 5.32 Å². The van der Waals surface area contributed by atoms with Crippen LogP contribution in [0.5, 0.6) is 0 Å². The summed E-state index contributed by atoms with van der Waals surface area (Å²) in [6.45, 7) is 8.76. The summed E-state index contributed by atoms with van der Waals surface area (Å²) in [5, 5.41) is 2.97. The van der Waals surface area contributed by atoms with E-state index in [2.05, 4.69) is 39.1 Å². The molecule has 118 valence electrons. The van der Waals surface area contributed by atoms with Crippen LogP contribution in [-0.2, 0) is 11.3 Å². The van der Waals surface area contributed by atoms with Crippen LogP contribution >= 0.6 is 0 Å².